The first-order valence-corrected chi connectivity index (χ1v) is 7.44. The van der Waals surface area contributed by atoms with Gasteiger partial charge in [0.1, 0.15) is 0 Å². The number of piperazine rings is 1. The summed E-state index contributed by atoms with van der Waals surface area (Å²) in [6, 6.07) is 4.05. The van der Waals surface area contributed by atoms with Crippen molar-refractivity contribution in [3.63, 3.8) is 0 Å². The second kappa shape index (κ2) is 6.95. The molecule has 1 heterocycles. The molecule has 0 aliphatic carbocycles. The average Bonchev–Trinajstić information content (AvgIpc) is 2.47. The van der Waals surface area contributed by atoms with E-state index in [1.165, 1.54) is 5.56 Å². The number of hydrogen-bond donors (Lipinski definition) is 2. The van der Waals surface area contributed by atoms with E-state index in [1.54, 1.807) is 7.11 Å². The number of nitrogens with zero attached hydrogens (tertiary/aromatic N) is 1. The Bertz CT molecular complexity index is 440. The Labute approximate surface area is 121 Å². The maximum absolute atomic E-state index is 10.3. The highest BCUT2D eigenvalue weighted by Gasteiger charge is 2.15. The van der Waals surface area contributed by atoms with E-state index in [-0.39, 0.29) is 0 Å². The van der Waals surface area contributed by atoms with Crippen LogP contribution in [0.25, 0.3) is 0 Å². The van der Waals surface area contributed by atoms with Crippen molar-refractivity contribution in [3.8, 4) is 11.5 Å². The van der Waals surface area contributed by atoms with Gasteiger partial charge in [0.15, 0.2) is 11.5 Å². The molecule has 1 saturated heterocycles. The van der Waals surface area contributed by atoms with Crippen molar-refractivity contribution in [3.05, 3.63) is 23.3 Å². The summed E-state index contributed by atoms with van der Waals surface area (Å²) in [5.41, 5.74) is 2.21. The summed E-state index contributed by atoms with van der Waals surface area (Å²) in [5.74, 6) is 1.32. The lowest BCUT2D eigenvalue weighted by Crippen LogP contribution is -2.44. The average molecular weight is 278 g/mol. The highest BCUT2D eigenvalue weighted by molar-refractivity contribution is 5.49. The smallest absolute Gasteiger partial charge is 0.161 e. The van der Waals surface area contributed by atoms with Crippen LogP contribution in [0, 0.1) is 0 Å². The molecule has 1 aromatic carbocycles. The van der Waals surface area contributed by atoms with Crippen molar-refractivity contribution in [2.45, 2.75) is 26.2 Å². The third-order valence-corrected chi connectivity index (χ3v) is 3.97. The van der Waals surface area contributed by atoms with Gasteiger partial charge in [0.25, 0.3) is 0 Å². The van der Waals surface area contributed by atoms with Crippen molar-refractivity contribution in [2.75, 3.05) is 39.8 Å². The summed E-state index contributed by atoms with van der Waals surface area (Å²) < 4.78 is 5.29. The molecule has 0 atom stereocenters. The van der Waals surface area contributed by atoms with Gasteiger partial charge in [-0.15, -0.1) is 0 Å². The molecule has 0 unspecified atom stereocenters. The van der Waals surface area contributed by atoms with Crippen LogP contribution in [0.1, 0.15) is 30.9 Å². The molecule has 0 radical (unpaired) electrons. The molecule has 0 saturated carbocycles. The van der Waals surface area contributed by atoms with E-state index in [2.05, 4.69) is 30.1 Å². The van der Waals surface area contributed by atoms with Gasteiger partial charge in [0.2, 0.25) is 0 Å². The van der Waals surface area contributed by atoms with Gasteiger partial charge in [0.05, 0.1) is 7.11 Å². The number of aromatic hydroxyl groups is 1. The molecule has 4 nitrogen and oxygen atoms in total. The van der Waals surface area contributed by atoms with Gasteiger partial charge in [0, 0.05) is 32.7 Å². The summed E-state index contributed by atoms with van der Waals surface area (Å²) in [5, 5.41) is 13.6. The van der Waals surface area contributed by atoms with Crippen LogP contribution in [-0.4, -0.2) is 49.8 Å². The molecule has 0 bridgehead atoms. The Morgan fingerprint density at radius 1 is 1.30 bits per heavy atom. The van der Waals surface area contributed by atoms with E-state index in [0.29, 0.717) is 17.4 Å². The van der Waals surface area contributed by atoms with Crippen LogP contribution in [0.2, 0.25) is 0 Å². The lowest BCUT2D eigenvalue weighted by molar-refractivity contribution is 0.243. The molecule has 2 rings (SSSR count). The monoisotopic (exact) mass is 278 g/mol. The van der Waals surface area contributed by atoms with E-state index in [9.17, 15) is 5.11 Å². The molecule has 1 aliphatic rings. The lowest BCUT2D eigenvalue weighted by Gasteiger charge is -2.27. The van der Waals surface area contributed by atoms with E-state index in [1.807, 2.05) is 6.07 Å². The van der Waals surface area contributed by atoms with Crippen LogP contribution in [0.4, 0.5) is 0 Å². The Morgan fingerprint density at radius 3 is 2.60 bits per heavy atom. The van der Waals surface area contributed by atoms with Gasteiger partial charge in [-0.2, -0.15) is 0 Å². The summed E-state index contributed by atoms with van der Waals surface area (Å²) in [6.07, 6.45) is 0.864. The molecular formula is C16H26N2O2. The number of methoxy groups -OCH3 is 1. The molecule has 1 fully saturated rings. The second-order valence-electron chi connectivity index (χ2n) is 5.73. The molecule has 20 heavy (non-hydrogen) atoms. The van der Waals surface area contributed by atoms with Gasteiger partial charge in [-0.05, 0) is 29.5 Å². The van der Waals surface area contributed by atoms with Crippen molar-refractivity contribution in [1.82, 2.24) is 10.2 Å². The van der Waals surface area contributed by atoms with E-state index in [4.69, 9.17) is 4.74 Å². The summed E-state index contributed by atoms with van der Waals surface area (Å²) in [4.78, 5) is 2.43. The zero-order valence-corrected chi connectivity index (χ0v) is 12.8. The van der Waals surface area contributed by atoms with Crippen LogP contribution >= 0.6 is 0 Å². The molecule has 4 heteroatoms. The van der Waals surface area contributed by atoms with Crippen LogP contribution in [-0.2, 0) is 6.42 Å². The number of phenols is 1. The van der Waals surface area contributed by atoms with Gasteiger partial charge >= 0.3 is 0 Å². The van der Waals surface area contributed by atoms with Gasteiger partial charge in [-0.1, -0.05) is 19.9 Å². The molecular weight excluding hydrogens is 252 g/mol. The number of phenolic OH excluding ortho intramolecular Hbond substituents is 1. The quantitative estimate of drug-likeness (QED) is 0.864. The summed E-state index contributed by atoms with van der Waals surface area (Å²) in [7, 11) is 1.61. The molecule has 0 spiro atoms. The van der Waals surface area contributed by atoms with Gasteiger partial charge < -0.3 is 20.1 Å². The van der Waals surface area contributed by atoms with E-state index in [0.717, 1.165) is 44.7 Å². The minimum Gasteiger partial charge on any atom is -0.504 e. The zero-order valence-electron chi connectivity index (χ0n) is 12.8. The SMILES string of the molecule is COc1cc(C(C)C)cc(CCN2CCNCC2)c1O. The molecule has 1 aliphatic heterocycles. The van der Waals surface area contributed by atoms with E-state index >= 15 is 0 Å². The number of benzene rings is 1. The standard InChI is InChI=1S/C16H26N2O2/c1-12(2)14-10-13(16(19)15(11-14)20-3)4-7-18-8-5-17-6-9-18/h10-12,17,19H,4-9H2,1-3H3. The Kier molecular flexibility index (Phi) is 5.26. The third-order valence-electron chi connectivity index (χ3n) is 3.97. The predicted octanol–water partition coefficient (Wildman–Crippen LogP) is 1.97. The van der Waals surface area contributed by atoms with Crippen LogP contribution < -0.4 is 10.1 Å². The van der Waals surface area contributed by atoms with Crippen LogP contribution in [0.5, 0.6) is 11.5 Å². The maximum atomic E-state index is 10.3. The Balaban J connectivity index is 2.10. The van der Waals surface area contributed by atoms with Gasteiger partial charge in [-0.25, -0.2) is 0 Å². The highest BCUT2D eigenvalue weighted by atomic mass is 16.5. The second-order valence-corrected chi connectivity index (χ2v) is 5.73. The molecule has 0 aromatic heterocycles. The minimum absolute atomic E-state index is 0.298. The first-order valence-electron chi connectivity index (χ1n) is 7.44. The highest BCUT2D eigenvalue weighted by Crippen LogP contribution is 2.34. The zero-order chi connectivity index (χ0) is 14.5. The molecule has 0 amide bonds. The van der Waals surface area contributed by atoms with Gasteiger partial charge in [-0.3, -0.25) is 0 Å². The topological polar surface area (TPSA) is 44.7 Å². The number of ether oxygens (including phenoxy) is 1. The molecule has 112 valence electrons. The fourth-order valence-corrected chi connectivity index (χ4v) is 2.58. The fourth-order valence-electron chi connectivity index (χ4n) is 2.58. The van der Waals surface area contributed by atoms with E-state index < -0.39 is 0 Å². The van der Waals surface area contributed by atoms with Crippen molar-refractivity contribution in [1.29, 1.82) is 0 Å². The Hall–Kier alpha value is -1.26. The molecule has 2 N–H and O–H groups in total. The minimum atomic E-state index is 0.298. The summed E-state index contributed by atoms with van der Waals surface area (Å²) >= 11 is 0. The van der Waals surface area contributed by atoms with Crippen LogP contribution in [0.3, 0.4) is 0 Å². The van der Waals surface area contributed by atoms with Crippen molar-refractivity contribution >= 4 is 0 Å². The Morgan fingerprint density at radius 2 is 2.00 bits per heavy atom. The first kappa shape index (κ1) is 15.1. The summed E-state index contributed by atoms with van der Waals surface area (Å²) in [6.45, 7) is 9.59. The van der Waals surface area contributed by atoms with Crippen LogP contribution in [0.15, 0.2) is 12.1 Å². The number of hydrogen-bond acceptors (Lipinski definition) is 4. The first-order chi connectivity index (χ1) is 9.61. The lowest BCUT2D eigenvalue weighted by atomic mass is 9.98. The largest absolute Gasteiger partial charge is 0.504 e. The number of nitrogens with one attached hydrogen (secondary N) is 1. The fraction of sp³-hybridized carbons (Fsp3) is 0.625. The predicted molar refractivity (Wildman–Crippen MR) is 81.8 cm³/mol. The van der Waals surface area contributed by atoms with Crippen molar-refractivity contribution < 1.29 is 9.84 Å². The number of rotatable bonds is 5. The normalized spacial score (nSPS) is 16.6. The third kappa shape index (κ3) is 3.64. The maximum Gasteiger partial charge on any atom is 0.161 e. The molecule has 1 aromatic rings. The van der Waals surface area contributed by atoms with Crippen molar-refractivity contribution in [2.24, 2.45) is 0 Å².